The second-order valence-corrected chi connectivity index (χ2v) is 3.84. The molecule has 0 radical (unpaired) electrons. The van der Waals surface area contributed by atoms with Crippen LogP contribution in [0.2, 0.25) is 0 Å². The molecule has 0 bridgehead atoms. The highest BCUT2D eigenvalue weighted by atomic mass is 79.9. The Hall–Kier alpha value is -1.13. The Balaban J connectivity index is 2.93. The third kappa shape index (κ3) is 3.49. The van der Waals surface area contributed by atoms with Crippen molar-refractivity contribution in [3.63, 3.8) is 0 Å². The van der Waals surface area contributed by atoms with Crippen LogP contribution in [0.25, 0.3) is 0 Å². The van der Waals surface area contributed by atoms with Gasteiger partial charge in [0, 0.05) is 10.5 Å². The quantitative estimate of drug-likeness (QED) is 0.826. The summed E-state index contributed by atoms with van der Waals surface area (Å²) in [5.41, 5.74) is 1.01. The van der Waals surface area contributed by atoms with E-state index in [0.717, 1.165) is 16.1 Å². The average molecular weight is 270 g/mol. The lowest BCUT2D eigenvalue weighted by Crippen LogP contribution is -2.14. The van der Waals surface area contributed by atoms with Crippen LogP contribution in [0.4, 0.5) is 0 Å². The normalized spacial score (nSPS) is 12.9. The lowest BCUT2D eigenvalue weighted by Gasteiger charge is -2.13. The molecule has 0 fully saturated rings. The molecule has 0 aliphatic heterocycles. The summed E-state index contributed by atoms with van der Waals surface area (Å²) >= 11 is 3.42. The third-order valence-corrected chi connectivity index (χ3v) is 2.70. The molecule has 0 aliphatic rings. The van der Waals surface area contributed by atoms with Crippen LogP contribution in [-0.4, -0.2) is 18.1 Å². The number of carbonyl (C=O) groups is 1. The lowest BCUT2D eigenvalue weighted by molar-refractivity contribution is -0.131. The zero-order valence-corrected chi connectivity index (χ0v) is 9.86. The molecule has 1 aromatic rings. The van der Waals surface area contributed by atoms with Crippen LogP contribution >= 0.6 is 15.9 Å². The molecule has 0 aliphatic carbocycles. The molecule has 0 spiro atoms. The molecule has 0 saturated carbocycles. The van der Waals surface area contributed by atoms with E-state index in [1.54, 1.807) is 13.1 Å². The van der Waals surface area contributed by atoms with E-state index in [9.17, 15) is 4.79 Å². The van der Waals surface area contributed by atoms with E-state index >= 15 is 0 Å². The van der Waals surface area contributed by atoms with Gasteiger partial charge < -0.3 is 10.4 Å². The van der Waals surface area contributed by atoms with Crippen molar-refractivity contribution in [1.29, 1.82) is 0 Å². The van der Waals surface area contributed by atoms with Gasteiger partial charge in [0.1, 0.15) is 0 Å². The predicted molar refractivity (Wildman–Crippen MR) is 62.7 cm³/mol. The molecule has 1 aromatic carbocycles. The standard InChI is InChI=1S/C11H12BrNO2/c1-13-10(6-7-11(14)15)8-4-2-3-5-9(8)12/h2-7,10,13H,1H3,(H,14,15)/b7-6+. The summed E-state index contributed by atoms with van der Waals surface area (Å²) < 4.78 is 0.958. The van der Waals surface area contributed by atoms with Gasteiger partial charge in [0.2, 0.25) is 0 Å². The molecule has 0 aromatic heterocycles. The van der Waals surface area contributed by atoms with E-state index in [4.69, 9.17) is 5.11 Å². The molecule has 1 atom stereocenters. The van der Waals surface area contributed by atoms with Gasteiger partial charge >= 0.3 is 5.97 Å². The number of likely N-dealkylation sites (N-methyl/N-ethyl adjacent to an activating group) is 1. The zero-order chi connectivity index (χ0) is 11.3. The maximum Gasteiger partial charge on any atom is 0.328 e. The van der Waals surface area contributed by atoms with Gasteiger partial charge in [-0.1, -0.05) is 40.2 Å². The minimum Gasteiger partial charge on any atom is -0.478 e. The highest BCUT2D eigenvalue weighted by molar-refractivity contribution is 9.10. The van der Waals surface area contributed by atoms with E-state index in [1.165, 1.54) is 0 Å². The minimum atomic E-state index is -0.942. The van der Waals surface area contributed by atoms with E-state index < -0.39 is 5.97 Å². The first-order valence-electron chi connectivity index (χ1n) is 4.48. The second kappa shape index (κ2) is 5.68. The Morgan fingerprint density at radius 1 is 1.53 bits per heavy atom. The fourth-order valence-electron chi connectivity index (χ4n) is 1.26. The summed E-state index contributed by atoms with van der Waals surface area (Å²) in [5, 5.41) is 11.6. The van der Waals surface area contributed by atoms with Crippen LogP contribution in [0.1, 0.15) is 11.6 Å². The fraction of sp³-hybridized carbons (Fsp3) is 0.182. The molecule has 3 nitrogen and oxygen atoms in total. The van der Waals surface area contributed by atoms with Crippen LogP contribution < -0.4 is 5.32 Å². The van der Waals surface area contributed by atoms with Crippen molar-refractivity contribution in [2.24, 2.45) is 0 Å². The summed E-state index contributed by atoms with van der Waals surface area (Å²) in [6.45, 7) is 0. The molecule has 0 heterocycles. The summed E-state index contributed by atoms with van der Waals surface area (Å²) in [5.74, 6) is -0.942. The number of rotatable bonds is 4. The number of hydrogen-bond donors (Lipinski definition) is 2. The third-order valence-electron chi connectivity index (χ3n) is 1.98. The molecule has 80 valence electrons. The first kappa shape index (κ1) is 11.9. The Kier molecular flexibility index (Phi) is 4.52. The molecule has 4 heteroatoms. The maximum atomic E-state index is 10.4. The van der Waals surface area contributed by atoms with Gasteiger partial charge in [-0.3, -0.25) is 0 Å². The SMILES string of the molecule is CNC(/C=C/C(=O)O)c1ccccc1Br. The molecule has 0 amide bonds. The first-order chi connectivity index (χ1) is 7.15. The minimum absolute atomic E-state index is 0.100. The molecular weight excluding hydrogens is 258 g/mol. The zero-order valence-electron chi connectivity index (χ0n) is 8.27. The Labute approximate surface area is 96.9 Å². The highest BCUT2D eigenvalue weighted by Gasteiger charge is 2.08. The number of carboxylic acids is 1. The van der Waals surface area contributed by atoms with Crippen LogP contribution in [0.3, 0.4) is 0 Å². The Morgan fingerprint density at radius 3 is 2.73 bits per heavy atom. The Bertz CT molecular complexity index is 377. The van der Waals surface area contributed by atoms with Crippen molar-refractivity contribution in [2.75, 3.05) is 7.05 Å². The first-order valence-corrected chi connectivity index (χ1v) is 5.27. The summed E-state index contributed by atoms with van der Waals surface area (Å²) in [6.07, 6.45) is 2.75. The van der Waals surface area contributed by atoms with Crippen molar-refractivity contribution >= 4 is 21.9 Å². The largest absolute Gasteiger partial charge is 0.478 e. The van der Waals surface area contributed by atoms with Crippen LogP contribution in [0, 0.1) is 0 Å². The number of nitrogens with one attached hydrogen (secondary N) is 1. The number of hydrogen-bond acceptors (Lipinski definition) is 2. The molecule has 1 rings (SSSR count). The monoisotopic (exact) mass is 269 g/mol. The Morgan fingerprint density at radius 2 is 2.20 bits per heavy atom. The predicted octanol–water partition coefficient (Wildman–Crippen LogP) is 2.35. The summed E-state index contributed by atoms with van der Waals surface area (Å²) in [6, 6.07) is 7.60. The summed E-state index contributed by atoms with van der Waals surface area (Å²) in [7, 11) is 1.79. The average Bonchev–Trinajstić information content (AvgIpc) is 2.21. The van der Waals surface area contributed by atoms with E-state index in [-0.39, 0.29) is 6.04 Å². The van der Waals surface area contributed by atoms with Gasteiger partial charge in [-0.15, -0.1) is 0 Å². The van der Waals surface area contributed by atoms with Crippen LogP contribution in [0.5, 0.6) is 0 Å². The van der Waals surface area contributed by atoms with Gasteiger partial charge in [0.05, 0.1) is 6.04 Å². The van der Waals surface area contributed by atoms with Gasteiger partial charge in [0.15, 0.2) is 0 Å². The highest BCUT2D eigenvalue weighted by Crippen LogP contribution is 2.23. The van der Waals surface area contributed by atoms with Crippen molar-refractivity contribution in [2.45, 2.75) is 6.04 Å². The molecule has 1 unspecified atom stereocenters. The van der Waals surface area contributed by atoms with Gasteiger partial charge in [0.25, 0.3) is 0 Å². The van der Waals surface area contributed by atoms with Crippen molar-refractivity contribution in [3.05, 3.63) is 46.5 Å². The lowest BCUT2D eigenvalue weighted by atomic mass is 10.1. The van der Waals surface area contributed by atoms with Crippen molar-refractivity contribution in [1.82, 2.24) is 5.32 Å². The van der Waals surface area contributed by atoms with Crippen molar-refractivity contribution in [3.8, 4) is 0 Å². The topological polar surface area (TPSA) is 49.3 Å². The molecular formula is C11H12BrNO2. The molecule has 15 heavy (non-hydrogen) atoms. The second-order valence-electron chi connectivity index (χ2n) is 2.99. The molecule has 2 N–H and O–H groups in total. The van der Waals surface area contributed by atoms with Gasteiger partial charge in [-0.2, -0.15) is 0 Å². The number of carboxylic acid groups (broad SMARTS) is 1. The van der Waals surface area contributed by atoms with E-state index in [1.807, 2.05) is 24.3 Å². The summed E-state index contributed by atoms with van der Waals surface area (Å²) in [4.78, 5) is 10.4. The maximum absolute atomic E-state index is 10.4. The van der Waals surface area contributed by atoms with Gasteiger partial charge in [-0.25, -0.2) is 4.79 Å². The van der Waals surface area contributed by atoms with Crippen LogP contribution in [-0.2, 0) is 4.79 Å². The number of benzene rings is 1. The fourth-order valence-corrected chi connectivity index (χ4v) is 1.79. The van der Waals surface area contributed by atoms with E-state index in [2.05, 4.69) is 21.2 Å². The smallest absolute Gasteiger partial charge is 0.328 e. The van der Waals surface area contributed by atoms with Crippen molar-refractivity contribution < 1.29 is 9.90 Å². The van der Waals surface area contributed by atoms with E-state index in [0.29, 0.717) is 0 Å². The van der Waals surface area contributed by atoms with Crippen LogP contribution in [0.15, 0.2) is 40.9 Å². The van der Waals surface area contributed by atoms with Gasteiger partial charge in [-0.05, 0) is 18.7 Å². The number of halogens is 1. The molecule has 0 saturated heterocycles. The number of aliphatic carboxylic acids is 1.